The minimum absolute atomic E-state index is 0.0131. The van der Waals surface area contributed by atoms with E-state index in [-0.39, 0.29) is 6.04 Å². The van der Waals surface area contributed by atoms with Crippen LogP contribution in [-0.2, 0) is 14.9 Å². The van der Waals surface area contributed by atoms with Crippen molar-refractivity contribution in [2.45, 2.75) is 12.5 Å². The van der Waals surface area contributed by atoms with Gasteiger partial charge in [0.05, 0.1) is 13.2 Å². The van der Waals surface area contributed by atoms with Crippen LogP contribution in [0.2, 0.25) is 0 Å². The lowest BCUT2D eigenvalue weighted by atomic mass is 10.3. The Labute approximate surface area is 90.2 Å². The summed E-state index contributed by atoms with van der Waals surface area (Å²) in [5.41, 5.74) is 5.70. The third-order valence-corrected chi connectivity index (χ3v) is 4.81. The minimum atomic E-state index is -3.29. The number of nitrogens with zero attached hydrogens (tertiary/aromatic N) is 2. The van der Waals surface area contributed by atoms with Crippen LogP contribution in [0.3, 0.4) is 0 Å². The van der Waals surface area contributed by atoms with Gasteiger partial charge in [-0.25, -0.2) is 0 Å². The van der Waals surface area contributed by atoms with E-state index in [0.29, 0.717) is 39.4 Å². The molecule has 2 aliphatic rings. The van der Waals surface area contributed by atoms with Crippen LogP contribution in [0.1, 0.15) is 6.42 Å². The molecule has 2 fully saturated rings. The van der Waals surface area contributed by atoms with Crippen LogP contribution in [0.15, 0.2) is 0 Å². The first-order chi connectivity index (χ1) is 7.10. The molecule has 0 bridgehead atoms. The summed E-state index contributed by atoms with van der Waals surface area (Å²) in [5.74, 6) is 0. The van der Waals surface area contributed by atoms with Crippen molar-refractivity contribution in [3.05, 3.63) is 0 Å². The molecule has 15 heavy (non-hydrogen) atoms. The highest BCUT2D eigenvalue weighted by Gasteiger charge is 2.34. The van der Waals surface area contributed by atoms with Crippen molar-refractivity contribution in [2.75, 3.05) is 39.4 Å². The van der Waals surface area contributed by atoms with E-state index in [1.165, 1.54) is 8.61 Å². The normalized spacial score (nSPS) is 30.9. The van der Waals surface area contributed by atoms with Crippen molar-refractivity contribution in [1.29, 1.82) is 0 Å². The Morgan fingerprint density at radius 1 is 1.13 bits per heavy atom. The second-order valence-corrected chi connectivity index (χ2v) is 5.85. The van der Waals surface area contributed by atoms with Gasteiger partial charge in [0.25, 0.3) is 10.2 Å². The molecular formula is C8H17N3O3S. The maximum atomic E-state index is 12.1. The van der Waals surface area contributed by atoms with Gasteiger partial charge in [-0.3, -0.25) is 0 Å². The summed E-state index contributed by atoms with van der Waals surface area (Å²) in [5, 5.41) is 0. The number of morpholine rings is 1. The molecule has 0 saturated carbocycles. The van der Waals surface area contributed by atoms with E-state index in [9.17, 15) is 8.42 Å². The van der Waals surface area contributed by atoms with Gasteiger partial charge in [0.2, 0.25) is 0 Å². The van der Waals surface area contributed by atoms with Gasteiger partial charge in [0.1, 0.15) is 0 Å². The lowest BCUT2D eigenvalue weighted by Crippen LogP contribution is -2.48. The van der Waals surface area contributed by atoms with Crippen LogP contribution >= 0.6 is 0 Å². The van der Waals surface area contributed by atoms with E-state index in [1.54, 1.807) is 0 Å². The highest BCUT2D eigenvalue weighted by atomic mass is 32.2. The lowest BCUT2D eigenvalue weighted by molar-refractivity contribution is 0.0706. The van der Waals surface area contributed by atoms with Crippen LogP contribution < -0.4 is 5.73 Å². The highest BCUT2D eigenvalue weighted by Crippen LogP contribution is 2.16. The number of ether oxygens (including phenoxy) is 1. The quantitative estimate of drug-likeness (QED) is 0.638. The van der Waals surface area contributed by atoms with Crippen molar-refractivity contribution >= 4 is 10.2 Å². The van der Waals surface area contributed by atoms with Gasteiger partial charge < -0.3 is 10.5 Å². The monoisotopic (exact) mass is 235 g/mol. The molecule has 0 unspecified atom stereocenters. The first kappa shape index (κ1) is 11.3. The molecule has 0 aromatic heterocycles. The molecule has 0 amide bonds. The standard InChI is InChI=1S/C8H17N3O3S/c9-8-1-2-11(7-8)15(12,13)10-3-5-14-6-4-10/h8H,1-7,9H2/t8-/m0/s1. The minimum Gasteiger partial charge on any atom is -0.379 e. The molecule has 0 radical (unpaired) electrons. The van der Waals surface area contributed by atoms with Gasteiger partial charge in [-0.1, -0.05) is 0 Å². The fourth-order valence-electron chi connectivity index (χ4n) is 1.90. The average Bonchev–Trinajstić information content (AvgIpc) is 2.67. The number of hydrogen-bond acceptors (Lipinski definition) is 4. The first-order valence-corrected chi connectivity index (χ1v) is 6.59. The zero-order valence-electron chi connectivity index (χ0n) is 8.63. The summed E-state index contributed by atoms with van der Waals surface area (Å²) < 4.78 is 32.2. The van der Waals surface area contributed by atoms with Crippen LogP contribution in [0.4, 0.5) is 0 Å². The van der Waals surface area contributed by atoms with E-state index >= 15 is 0 Å². The molecule has 0 spiro atoms. The Hall–Kier alpha value is -0.210. The van der Waals surface area contributed by atoms with Crippen molar-refractivity contribution in [3.63, 3.8) is 0 Å². The summed E-state index contributed by atoms with van der Waals surface area (Å²) in [6, 6.07) is -0.0131. The van der Waals surface area contributed by atoms with Crippen molar-refractivity contribution in [1.82, 2.24) is 8.61 Å². The molecular weight excluding hydrogens is 218 g/mol. The van der Waals surface area contributed by atoms with E-state index in [2.05, 4.69) is 0 Å². The highest BCUT2D eigenvalue weighted by molar-refractivity contribution is 7.86. The van der Waals surface area contributed by atoms with Crippen LogP contribution in [0, 0.1) is 0 Å². The Balaban J connectivity index is 2.05. The second kappa shape index (κ2) is 4.34. The van der Waals surface area contributed by atoms with Gasteiger partial charge in [-0.05, 0) is 6.42 Å². The molecule has 2 rings (SSSR count). The predicted molar refractivity (Wildman–Crippen MR) is 55.5 cm³/mol. The van der Waals surface area contributed by atoms with Gasteiger partial charge in [0, 0.05) is 32.2 Å². The Kier molecular flexibility index (Phi) is 3.27. The fourth-order valence-corrected chi connectivity index (χ4v) is 3.56. The van der Waals surface area contributed by atoms with E-state index in [1.807, 2.05) is 0 Å². The maximum Gasteiger partial charge on any atom is 0.282 e. The molecule has 2 heterocycles. The second-order valence-electron chi connectivity index (χ2n) is 3.93. The summed E-state index contributed by atoms with van der Waals surface area (Å²) >= 11 is 0. The zero-order valence-corrected chi connectivity index (χ0v) is 9.45. The van der Waals surface area contributed by atoms with Crippen molar-refractivity contribution in [3.8, 4) is 0 Å². The molecule has 0 aliphatic carbocycles. The topological polar surface area (TPSA) is 75.9 Å². The smallest absolute Gasteiger partial charge is 0.282 e. The van der Waals surface area contributed by atoms with Crippen LogP contribution in [-0.4, -0.2) is 62.5 Å². The molecule has 6 nitrogen and oxygen atoms in total. The molecule has 7 heteroatoms. The molecule has 2 saturated heterocycles. The van der Waals surface area contributed by atoms with Crippen molar-refractivity contribution in [2.24, 2.45) is 5.73 Å². The Bertz CT molecular complexity index is 302. The maximum absolute atomic E-state index is 12.1. The van der Waals surface area contributed by atoms with Gasteiger partial charge in [-0.15, -0.1) is 0 Å². The molecule has 2 aliphatic heterocycles. The largest absolute Gasteiger partial charge is 0.379 e. The Morgan fingerprint density at radius 3 is 2.33 bits per heavy atom. The summed E-state index contributed by atoms with van der Waals surface area (Å²) in [4.78, 5) is 0. The molecule has 2 N–H and O–H groups in total. The summed E-state index contributed by atoms with van der Waals surface area (Å²) in [7, 11) is -3.29. The zero-order chi connectivity index (χ0) is 10.9. The number of nitrogens with two attached hydrogens (primary N) is 1. The third-order valence-electron chi connectivity index (χ3n) is 2.81. The number of hydrogen-bond donors (Lipinski definition) is 1. The third kappa shape index (κ3) is 2.31. The summed E-state index contributed by atoms with van der Waals surface area (Å²) in [6.07, 6.45) is 0.754. The van der Waals surface area contributed by atoms with E-state index in [4.69, 9.17) is 10.5 Å². The SMILES string of the molecule is N[C@H]1CCN(S(=O)(=O)N2CCOCC2)C1. The number of rotatable bonds is 2. The Morgan fingerprint density at radius 2 is 1.80 bits per heavy atom. The van der Waals surface area contributed by atoms with E-state index < -0.39 is 10.2 Å². The summed E-state index contributed by atoms with van der Waals surface area (Å²) in [6.45, 7) is 2.86. The van der Waals surface area contributed by atoms with Gasteiger partial charge >= 0.3 is 0 Å². The molecule has 0 aromatic rings. The molecule has 88 valence electrons. The van der Waals surface area contributed by atoms with Crippen LogP contribution in [0.5, 0.6) is 0 Å². The van der Waals surface area contributed by atoms with Crippen molar-refractivity contribution < 1.29 is 13.2 Å². The lowest BCUT2D eigenvalue weighted by Gasteiger charge is -2.29. The fraction of sp³-hybridized carbons (Fsp3) is 1.00. The molecule has 1 atom stereocenters. The van der Waals surface area contributed by atoms with Gasteiger partial charge in [0.15, 0.2) is 0 Å². The first-order valence-electron chi connectivity index (χ1n) is 5.19. The predicted octanol–water partition coefficient (Wildman–Crippen LogP) is -1.40. The van der Waals surface area contributed by atoms with Crippen LogP contribution in [0.25, 0.3) is 0 Å². The average molecular weight is 235 g/mol. The van der Waals surface area contributed by atoms with E-state index in [0.717, 1.165) is 6.42 Å². The van der Waals surface area contributed by atoms with Gasteiger partial charge in [-0.2, -0.15) is 17.0 Å². The molecule has 0 aromatic carbocycles.